The van der Waals surface area contributed by atoms with Crippen molar-refractivity contribution in [1.82, 2.24) is 20.2 Å². The van der Waals surface area contributed by atoms with Crippen molar-refractivity contribution >= 4 is 17.9 Å². The number of carbonyl (C=O) groups excluding carboxylic acids is 2. The Kier molecular flexibility index (Phi) is 5.52. The highest BCUT2D eigenvalue weighted by Gasteiger charge is 2.35. The van der Waals surface area contributed by atoms with Crippen molar-refractivity contribution in [1.29, 1.82) is 5.26 Å². The molecule has 172 valence electrons. The minimum absolute atomic E-state index is 0.245. The Bertz CT molecular complexity index is 1280. The van der Waals surface area contributed by atoms with E-state index in [2.05, 4.69) is 39.6 Å². The number of nitrogens with zero attached hydrogens (tertiary/aromatic N) is 4. The van der Waals surface area contributed by atoms with Gasteiger partial charge in [-0.3, -0.25) is 14.6 Å². The second kappa shape index (κ2) is 8.53. The lowest BCUT2D eigenvalue weighted by molar-refractivity contribution is -0.131. The largest absolute Gasteiger partial charge is 0.349 e. The maximum absolute atomic E-state index is 12.5. The van der Waals surface area contributed by atoms with Gasteiger partial charge in [-0.1, -0.05) is 12.1 Å². The van der Waals surface area contributed by atoms with Crippen LogP contribution in [-0.4, -0.2) is 46.3 Å². The first-order valence-corrected chi connectivity index (χ1v) is 11.7. The molecular weight excluding hydrogens is 426 g/mol. The Hall–Kier alpha value is -3.79. The van der Waals surface area contributed by atoms with Gasteiger partial charge >= 0.3 is 0 Å². The highest BCUT2D eigenvalue weighted by molar-refractivity contribution is 5.93. The van der Waals surface area contributed by atoms with Gasteiger partial charge in [-0.15, -0.1) is 0 Å². The van der Waals surface area contributed by atoms with Crippen LogP contribution in [0.4, 0.5) is 0 Å². The quantitative estimate of drug-likeness (QED) is 0.721. The van der Waals surface area contributed by atoms with Gasteiger partial charge in [-0.25, -0.2) is 4.98 Å². The SMILES string of the molecule is CC(C)(C#N)CNC(=O)c1cccc(-c2cnc3c(c2)C=C(C2=CCN(C(=O)C4CC4)C2)C3)n1. The zero-order valence-electron chi connectivity index (χ0n) is 19.5. The first kappa shape index (κ1) is 22.0. The lowest BCUT2D eigenvalue weighted by atomic mass is 9.96. The van der Waals surface area contributed by atoms with Gasteiger partial charge in [0, 0.05) is 43.7 Å². The summed E-state index contributed by atoms with van der Waals surface area (Å²) in [6.45, 7) is 5.19. The Balaban J connectivity index is 1.30. The van der Waals surface area contributed by atoms with Gasteiger partial charge in [0.05, 0.1) is 22.9 Å². The number of nitrogens with one attached hydrogen (secondary N) is 1. The van der Waals surface area contributed by atoms with E-state index in [4.69, 9.17) is 5.26 Å². The smallest absolute Gasteiger partial charge is 0.269 e. The normalized spacial score (nSPS) is 17.0. The molecule has 0 spiro atoms. The van der Waals surface area contributed by atoms with Crippen LogP contribution in [-0.2, 0) is 11.2 Å². The molecule has 0 aromatic carbocycles. The monoisotopic (exact) mass is 453 g/mol. The summed E-state index contributed by atoms with van der Waals surface area (Å²) in [4.78, 5) is 36.1. The maximum atomic E-state index is 12.5. The number of rotatable bonds is 6. The first-order valence-electron chi connectivity index (χ1n) is 11.7. The molecule has 3 heterocycles. The van der Waals surface area contributed by atoms with E-state index in [9.17, 15) is 9.59 Å². The number of hydrogen-bond acceptors (Lipinski definition) is 5. The highest BCUT2D eigenvalue weighted by atomic mass is 16.2. The zero-order chi connectivity index (χ0) is 23.9. The molecule has 2 amide bonds. The third-order valence-electron chi connectivity index (χ3n) is 6.53. The van der Waals surface area contributed by atoms with Crippen molar-refractivity contribution in [2.24, 2.45) is 11.3 Å². The second-order valence-corrected chi connectivity index (χ2v) is 9.92. The Morgan fingerprint density at radius 1 is 1.26 bits per heavy atom. The van der Waals surface area contributed by atoms with E-state index in [-0.39, 0.29) is 24.3 Å². The van der Waals surface area contributed by atoms with Crippen LogP contribution in [0.3, 0.4) is 0 Å². The third-order valence-corrected chi connectivity index (χ3v) is 6.53. The van der Waals surface area contributed by atoms with Crippen LogP contribution in [0.2, 0.25) is 0 Å². The van der Waals surface area contributed by atoms with Gasteiger partial charge in [0.15, 0.2) is 0 Å². The number of fused-ring (bicyclic) bond motifs is 1. The molecule has 7 nitrogen and oxygen atoms in total. The van der Waals surface area contributed by atoms with Crippen LogP contribution >= 0.6 is 0 Å². The molecule has 0 bridgehead atoms. The Morgan fingerprint density at radius 3 is 2.85 bits per heavy atom. The van der Waals surface area contributed by atoms with E-state index in [1.54, 1.807) is 32.2 Å². The molecule has 3 aliphatic rings. The molecule has 0 unspecified atom stereocenters. The van der Waals surface area contributed by atoms with Crippen LogP contribution in [0.15, 0.2) is 47.7 Å². The molecule has 2 aliphatic carbocycles. The number of nitriles is 1. The van der Waals surface area contributed by atoms with Crippen molar-refractivity contribution in [2.75, 3.05) is 19.6 Å². The standard InChI is InChI=1S/C27H27N5O2/c1-27(2,15-28)16-30-25(33)23-5-3-4-22(31-23)21-11-20-10-19(12-24(20)29-13-21)18-8-9-32(14-18)26(34)17-6-7-17/h3-5,8,10-11,13,17H,6-7,9,12,14,16H2,1-2H3,(H,30,33). The van der Waals surface area contributed by atoms with Crippen LogP contribution in [0.25, 0.3) is 17.3 Å². The van der Waals surface area contributed by atoms with Gasteiger partial charge in [0.25, 0.3) is 5.91 Å². The number of aromatic nitrogens is 2. The fourth-order valence-corrected chi connectivity index (χ4v) is 4.25. The molecule has 34 heavy (non-hydrogen) atoms. The number of carbonyl (C=O) groups is 2. The lowest BCUT2D eigenvalue weighted by Crippen LogP contribution is -2.33. The summed E-state index contributed by atoms with van der Waals surface area (Å²) in [6, 6.07) is 9.56. The van der Waals surface area contributed by atoms with Crippen molar-refractivity contribution in [3.05, 3.63) is 64.6 Å². The van der Waals surface area contributed by atoms with E-state index >= 15 is 0 Å². The van der Waals surface area contributed by atoms with Gasteiger partial charge in [-0.2, -0.15) is 5.26 Å². The van der Waals surface area contributed by atoms with Gasteiger partial charge in [0.2, 0.25) is 5.91 Å². The summed E-state index contributed by atoms with van der Waals surface area (Å²) in [7, 11) is 0. The van der Waals surface area contributed by atoms with E-state index in [0.29, 0.717) is 24.5 Å². The van der Waals surface area contributed by atoms with Gasteiger partial charge < -0.3 is 10.2 Å². The average molecular weight is 454 g/mol. The second-order valence-electron chi connectivity index (χ2n) is 9.92. The van der Waals surface area contributed by atoms with Crippen LogP contribution in [0.1, 0.15) is 48.4 Å². The van der Waals surface area contributed by atoms with E-state index in [0.717, 1.165) is 36.1 Å². The predicted molar refractivity (Wildman–Crippen MR) is 128 cm³/mol. The zero-order valence-corrected chi connectivity index (χ0v) is 19.5. The molecule has 1 saturated carbocycles. The molecule has 0 saturated heterocycles. The topological polar surface area (TPSA) is 99.0 Å². The van der Waals surface area contributed by atoms with Crippen molar-refractivity contribution in [3.63, 3.8) is 0 Å². The highest BCUT2D eigenvalue weighted by Crippen LogP contribution is 2.35. The molecular formula is C27H27N5O2. The van der Waals surface area contributed by atoms with Crippen LogP contribution < -0.4 is 5.32 Å². The molecule has 1 fully saturated rings. The molecule has 5 rings (SSSR count). The molecule has 1 N–H and O–H groups in total. The minimum Gasteiger partial charge on any atom is -0.349 e. The Morgan fingerprint density at radius 2 is 2.09 bits per heavy atom. The van der Waals surface area contributed by atoms with Crippen LogP contribution in [0, 0.1) is 22.7 Å². The predicted octanol–water partition coefficient (Wildman–Crippen LogP) is 3.54. The van der Waals surface area contributed by atoms with Crippen molar-refractivity contribution in [2.45, 2.75) is 33.1 Å². The maximum Gasteiger partial charge on any atom is 0.269 e. The summed E-state index contributed by atoms with van der Waals surface area (Å²) in [5, 5.41) is 11.9. The molecule has 0 atom stereocenters. The third kappa shape index (κ3) is 4.49. The summed E-state index contributed by atoms with van der Waals surface area (Å²) in [6.07, 6.45) is 8.93. The van der Waals surface area contributed by atoms with Gasteiger partial charge in [0.1, 0.15) is 5.69 Å². The van der Waals surface area contributed by atoms with Crippen LogP contribution in [0.5, 0.6) is 0 Å². The summed E-state index contributed by atoms with van der Waals surface area (Å²) in [5.74, 6) is 0.226. The number of pyridine rings is 2. The number of hydrogen-bond donors (Lipinski definition) is 1. The molecule has 1 aliphatic heterocycles. The van der Waals surface area contributed by atoms with Crippen molar-refractivity contribution < 1.29 is 9.59 Å². The first-order chi connectivity index (χ1) is 16.3. The molecule has 2 aromatic rings. The summed E-state index contributed by atoms with van der Waals surface area (Å²) < 4.78 is 0. The Labute approximate surface area is 199 Å². The fourth-order valence-electron chi connectivity index (χ4n) is 4.25. The average Bonchev–Trinajstić information content (AvgIpc) is 3.42. The molecule has 7 heteroatoms. The summed E-state index contributed by atoms with van der Waals surface area (Å²) in [5.41, 5.74) is 5.67. The van der Waals surface area contributed by atoms with Gasteiger partial charge in [-0.05, 0) is 67.7 Å². The van der Waals surface area contributed by atoms with Crippen molar-refractivity contribution in [3.8, 4) is 17.3 Å². The number of amides is 2. The minimum atomic E-state index is -0.641. The van der Waals surface area contributed by atoms with E-state index in [1.165, 1.54) is 11.1 Å². The van der Waals surface area contributed by atoms with E-state index < -0.39 is 5.41 Å². The molecule has 2 aromatic heterocycles. The van der Waals surface area contributed by atoms with E-state index in [1.807, 2.05) is 11.0 Å². The fraction of sp³-hybridized carbons (Fsp3) is 0.370. The lowest BCUT2D eigenvalue weighted by Gasteiger charge is -2.16. The summed E-state index contributed by atoms with van der Waals surface area (Å²) >= 11 is 0. The molecule has 0 radical (unpaired) electrons.